The fourth-order valence-corrected chi connectivity index (χ4v) is 2.64. The summed E-state index contributed by atoms with van der Waals surface area (Å²) in [5.41, 5.74) is 0.340. The molecule has 0 amide bonds. The quantitative estimate of drug-likeness (QED) is 0.691. The molecule has 5 nitrogen and oxygen atoms in total. The topological polar surface area (TPSA) is 72.8 Å². The van der Waals surface area contributed by atoms with Gasteiger partial charge in [0, 0.05) is 0 Å². The second-order valence-electron chi connectivity index (χ2n) is 3.96. The second kappa shape index (κ2) is 5.90. The zero-order valence-electron chi connectivity index (χ0n) is 10.7. The molecule has 0 bridgehead atoms. The van der Waals surface area contributed by atoms with E-state index in [1.165, 1.54) is 43.5 Å². The van der Waals surface area contributed by atoms with Gasteiger partial charge in [0.1, 0.15) is 5.75 Å². The molecule has 0 aliphatic carbocycles. The summed E-state index contributed by atoms with van der Waals surface area (Å²) >= 11 is 0. The third-order valence-corrected chi connectivity index (χ3v) is 4.00. The lowest BCUT2D eigenvalue weighted by molar-refractivity contribution is 0.0600. The van der Waals surface area contributed by atoms with Crippen molar-refractivity contribution in [3.63, 3.8) is 0 Å². The summed E-state index contributed by atoms with van der Waals surface area (Å²) in [5, 5.41) is 0.206. The molecule has 0 aromatic heterocycles. The van der Waals surface area contributed by atoms with E-state index < -0.39 is 13.6 Å². The Balaban J connectivity index is 2.18. The zero-order chi connectivity index (χ0) is 14.6. The van der Waals surface area contributed by atoms with Crippen LogP contribution in [0, 0.1) is 0 Å². The first-order chi connectivity index (χ1) is 9.53. The summed E-state index contributed by atoms with van der Waals surface area (Å²) in [6, 6.07) is 13.9. The van der Waals surface area contributed by atoms with Gasteiger partial charge >= 0.3 is 13.6 Å². The molecule has 20 heavy (non-hydrogen) atoms. The van der Waals surface area contributed by atoms with Crippen molar-refractivity contribution in [3.05, 3.63) is 60.2 Å². The van der Waals surface area contributed by atoms with Crippen molar-refractivity contribution in [1.82, 2.24) is 0 Å². The molecule has 0 radical (unpaired) electrons. The van der Waals surface area contributed by atoms with Gasteiger partial charge in [0.15, 0.2) is 0 Å². The van der Waals surface area contributed by atoms with Gasteiger partial charge in [-0.25, -0.2) is 9.36 Å². The van der Waals surface area contributed by atoms with Gasteiger partial charge in [0.25, 0.3) is 0 Å². The van der Waals surface area contributed by atoms with Crippen LogP contribution in [0.2, 0.25) is 0 Å². The number of methoxy groups -OCH3 is 1. The highest BCUT2D eigenvalue weighted by molar-refractivity contribution is 7.61. The predicted octanol–water partition coefficient (Wildman–Crippen LogP) is 2.36. The van der Waals surface area contributed by atoms with Gasteiger partial charge in [-0.1, -0.05) is 18.2 Å². The molecule has 1 N–H and O–H groups in total. The van der Waals surface area contributed by atoms with Crippen LogP contribution in [0.3, 0.4) is 0 Å². The first-order valence-electron chi connectivity index (χ1n) is 5.79. The predicted molar refractivity (Wildman–Crippen MR) is 74.3 cm³/mol. The number of benzene rings is 2. The molecule has 2 rings (SSSR count). The van der Waals surface area contributed by atoms with Crippen molar-refractivity contribution >= 4 is 18.9 Å². The van der Waals surface area contributed by atoms with Crippen LogP contribution < -0.4 is 9.83 Å². The van der Waals surface area contributed by atoms with Crippen LogP contribution in [0.4, 0.5) is 0 Å². The zero-order valence-corrected chi connectivity index (χ0v) is 11.6. The maximum atomic E-state index is 12.1. The highest BCUT2D eigenvalue weighted by atomic mass is 31.2. The molecule has 6 heteroatoms. The van der Waals surface area contributed by atoms with Gasteiger partial charge in [0.05, 0.1) is 18.0 Å². The largest absolute Gasteiger partial charge is 0.465 e. The average molecular weight is 292 g/mol. The van der Waals surface area contributed by atoms with E-state index >= 15 is 0 Å². The van der Waals surface area contributed by atoms with E-state index in [0.29, 0.717) is 5.56 Å². The van der Waals surface area contributed by atoms with Crippen LogP contribution >= 0.6 is 7.60 Å². The Labute approximate surface area is 116 Å². The van der Waals surface area contributed by atoms with E-state index in [1.807, 2.05) is 0 Å². The maximum absolute atomic E-state index is 12.1. The average Bonchev–Trinajstić information content (AvgIpc) is 2.48. The molecule has 1 unspecified atom stereocenters. The first-order valence-corrected chi connectivity index (χ1v) is 7.37. The molecule has 2 aromatic carbocycles. The molecular weight excluding hydrogens is 279 g/mol. The number of esters is 1. The third-order valence-electron chi connectivity index (χ3n) is 2.59. The standard InChI is InChI=1S/C14H13O5P/c1-18-14(15)11-7-9-12(10-8-11)19-20(16,17)13-5-3-2-4-6-13/h2-10H,1H3,(H,16,17). The number of carbonyl (C=O) groups excluding carboxylic acids is 1. The van der Waals surface area contributed by atoms with E-state index in [4.69, 9.17) is 4.52 Å². The van der Waals surface area contributed by atoms with Crippen LogP contribution in [-0.2, 0) is 9.30 Å². The number of rotatable bonds is 4. The Hall–Kier alpha value is -2.10. The van der Waals surface area contributed by atoms with E-state index in [0.717, 1.165) is 0 Å². The summed E-state index contributed by atoms with van der Waals surface area (Å²) < 4.78 is 21.8. The molecule has 0 spiro atoms. The Bertz CT molecular complexity index is 636. The highest BCUT2D eigenvalue weighted by Crippen LogP contribution is 2.41. The molecule has 2 aromatic rings. The summed E-state index contributed by atoms with van der Waals surface area (Å²) in [6.07, 6.45) is 0. The second-order valence-corrected chi connectivity index (χ2v) is 5.70. The summed E-state index contributed by atoms with van der Waals surface area (Å²) in [7, 11) is -2.65. The Kier molecular flexibility index (Phi) is 4.23. The van der Waals surface area contributed by atoms with Gasteiger partial charge in [-0.15, -0.1) is 0 Å². The van der Waals surface area contributed by atoms with Crippen LogP contribution in [0.5, 0.6) is 5.75 Å². The molecular formula is C14H13O5P. The summed E-state index contributed by atoms with van der Waals surface area (Å²) in [4.78, 5) is 21.2. The van der Waals surface area contributed by atoms with Crippen molar-refractivity contribution in [2.24, 2.45) is 0 Å². The SMILES string of the molecule is COC(=O)c1ccc(OP(=O)(O)c2ccccc2)cc1. The number of ether oxygens (including phenoxy) is 1. The number of hydrogen-bond donors (Lipinski definition) is 1. The number of carbonyl (C=O) groups is 1. The molecule has 0 saturated heterocycles. The number of hydrogen-bond acceptors (Lipinski definition) is 4. The van der Waals surface area contributed by atoms with Crippen molar-refractivity contribution in [1.29, 1.82) is 0 Å². The lowest BCUT2D eigenvalue weighted by atomic mass is 10.2. The smallest absolute Gasteiger partial charge is 0.408 e. The van der Waals surface area contributed by atoms with Crippen molar-refractivity contribution in [3.8, 4) is 5.75 Å². The minimum atomic E-state index is -3.93. The lowest BCUT2D eigenvalue weighted by Gasteiger charge is -2.13. The molecule has 1 atom stereocenters. The Morgan fingerprint density at radius 3 is 2.20 bits per heavy atom. The van der Waals surface area contributed by atoms with Gasteiger partial charge < -0.3 is 14.2 Å². The maximum Gasteiger partial charge on any atom is 0.408 e. The molecule has 0 heterocycles. The van der Waals surface area contributed by atoms with Crippen LogP contribution in [0.1, 0.15) is 10.4 Å². The molecule has 0 aliphatic heterocycles. The summed E-state index contributed by atoms with van der Waals surface area (Å²) in [6.45, 7) is 0. The third kappa shape index (κ3) is 3.26. The summed E-state index contributed by atoms with van der Waals surface area (Å²) in [5.74, 6) is -0.279. The minimum Gasteiger partial charge on any atom is -0.465 e. The molecule has 104 valence electrons. The van der Waals surface area contributed by atoms with E-state index in [-0.39, 0.29) is 11.1 Å². The Morgan fingerprint density at radius 1 is 1.05 bits per heavy atom. The van der Waals surface area contributed by atoms with Crippen LogP contribution in [0.25, 0.3) is 0 Å². The van der Waals surface area contributed by atoms with Crippen molar-refractivity contribution in [2.75, 3.05) is 7.11 Å². The Morgan fingerprint density at radius 2 is 1.65 bits per heavy atom. The van der Waals surface area contributed by atoms with Crippen LogP contribution in [0.15, 0.2) is 54.6 Å². The highest BCUT2D eigenvalue weighted by Gasteiger charge is 2.23. The normalized spacial score (nSPS) is 13.3. The van der Waals surface area contributed by atoms with Crippen molar-refractivity contribution < 1.29 is 23.5 Å². The van der Waals surface area contributed by atoms with E-state index in [1.54, 1.807) is 18.2 Å². The van der Waals surface area contributed by atoms with E-state index in [2.05, 4.69) is 4.74 Å². The first kappa shape index (κ1) is 14.3. The fourth-order valence-electron chi connectivity index (χ4n) is 1.58. The van der Waals surface area contributed by atoms with Gasteiger partial charge in [-0.2, -0.15) is 0 Å². The van der Waals surface area contributed by atoms with Gasteiger partial charge in [-0.05, 0) is 36.4 Å². The molecule has 0 saturated carbocycles. The minimum absolute atomic E-state index is 0.201. The van der Waals surface area contributed by atoms with Crippen molar-refractivity contribution in [2.45, 2.75) is 0 Å². The van der Waals surface area contributed by atoms with Crippen LogP contribution in [-0.4, -0.2) is 18.0 Å². The van der Waals surface area contributed by atoms with E-state index in [9.17, 15) is 14.3 Å². The fraction of sp³-hybridized carbons (Fsp3) is 0.0714. The molecule has 0 fully saturated rings. The molecule has 0 aliphatic rings. The van der Waals surface area contributed by atoms with Gasteiger partial charge in [0.2, 0.25) is 0 Å². The van der Waals surface area contributed by atoms with Gasteiger partial charge in [-0.3, -0.25) is 0 Å². The monoisotopic (exact) mass is 292 g/mol. The lowest BCUT2D eigenvalue weighted by Crippen LogP contribution is -2.08.